The number of piperazine rings is 1. The number of rotatable bonds is 3. The van der Waals surface area contributed by atoms with Crippen LogP contribution in [0.5, 0.6) is 0 Å². The van der Waals surface area contributed by atoms with Crippen molar-refractivity contribution >= 4 is 17.5 Å². The van der Waals surface area contributed by atoms with Gasteiger partial charge in [-0.2, -0.15) is 0 Å². The number of amides is 1. The van der Waals surface area contributed by atoms with E-state index >= 15 is 0 Å². The molecule has 1 aromatic rings. The van der Waals surface area contributed by atoms with Gasteiger partial charge in [0.15, 0.2) is 0 Å². The fourth-order valence-corrected chi connectivity index (χ4v) is 2.31. The van der Waals surface area contributed by atoms with Crippen molar-refractivity contribution in [2.75, 3.05) is 39.3 Å². The third-order valence-corrected chi connectivity index (χ3v) is 3.38. The van der Waals surface area contributed by atoms with Gasteiger partial charge in [0.05, 0.1) is 6.61 Å². The SMILES string of the molecule is O=C(c1cccc(Cl)c1)N1CCN(CCO)CC1. The monoisotopic (exact) mass is 268 g/mol. The number of β-amino-alcohol motifs (C(OH)–C–C–N with tert-alkyl or cyclic N) is 1. The van der Waals surface area contributed by atoms with Crippen LogP contribution in [-0.2, 0) is 0 Å². The number of carbonyl (C=O) groups excluding carboxylic acids is 1. The van der Waals surface area contributed by atoms with E-state index in [9.17, 15) is 4.79 Å². The highest BCUT2D eigenvalue weighted by atomic mass is 35.5. The normalized spacial score (nSPS) is 16.9. The molecule has 5 heteroatoms. The van der Waals surface area contributed by atoms with Gasteiger partial charge in [-0.25, -0.2) is 0 Å². The van der Waals surface area contributed by atoms with Crippen LogP contribution in [0.2, 0.25) is 5.02 Å². The first-order valence-corrected chi connectivity index (χ1v) is 6.46. The zero-order valence-electron chi connectivity index (χ0n) is 10.2. The minimum absolute atomic E-state index is 0.0288. The van der Waals surface area contributed by atoms with Crippen molar-refractivity contribution < 1.29 is 9.90 Å². The second-order valence-corrected chi connectivity index (χ2v) is 4.80. The largest absolute Gasteiger partial charge is 0.395 e. The third-order valence-electron chi connectivity index (χ3n) is 3.15. The highest BCUT2D eigenvalue weighted by molar-refractivity contribution is 6.30. The predicted molar refractivity (Wildman–Crippen MR) is 70.9 cm³/mol. The molecular formula is C13H17ClN2O2. The molecule has 1 fully saturated rings. The van der Waals surface area contributed by atoms with Gasteiger partial charge in [-0.1, -0.05) is 17.7 Å². The van der Waals surface area contributed by atoms with Gasteiger partial charge in [-0.05, 0) is 18.2 Å². The quantitative estimate of drug-likeness (QED) is 0.893. The molecule has 0 unspecified atom stereocenters. The van der Waals surface area contributed by atoms with E-state index in [2.05, 4.69) is 4.90 Å². The molecule has 1 heterocycles. The lowest BCUT2D eigenvalue weighted by Gasteiger charge is -2.34. The van der Waals surface area contributed by atoms with Crippen molar-refractivity contribution in [1.82, 2.24) is 9.80 Å². The van der Waals surface area contributed by atoms with Crippen LogP contribution in [0.3, 0.4) is 0 Å². The van der Waals surface area contributed by atoms with Crippen LogP contribution >= 0.6 is 11.6 Å². The molecule has 1 aromatic carbocycles. The Kier molecular flexibility index (Phi) is 4.58. The highest BCUT2D eigenvalue weighted by Gasteiger charge is 2.21. The van der Waals surface area contributed by atoms with E-state index in [1.807, 2.05) is 4.90 Å². The standard InChI is InChI=1S/C13H17ClN2O2/c14-12-3-1-2-11(10-12)13(18)16-6-4-15(5-7-16)8-9-17/h1-3,10,17H,4-9H2. The number of aliphatic hydroxyl groups is 1. The summed E-state index contributed by atoms with van der Waals surface area (Å²) in [5, 5.41) is 9.45. The van der Waals surface area contributed by atoms with Gasteiger partial charge >= 0.3 is 0 Å². The van der Waals surface area contributed by atoms with E-state index in [-0.39, 0.29) is 12.5 Å². The molecule has 0 bridgehead atoms. The molecule has 1 N–H and O–H groups in total. The first-order chi connectivity index (χ1) is 8.70. The fraction of sp³-hybridized carbons (Fsp3) is 0.462. The van der Waals surface area contributed by atoms with Gasteiger partial charge in [0.25, 0.3) is 5.91 Å². The summed E-state index contributed by atoms with van der Waals surface area (Å²) in [6.07, 6.45) is 0. The number of hydrogen-bond acceptors (Lipinski definition) is 3. The molecule has 0 radical (unpaired) electrons. The van der Waals surface area contributed by atoms with E-state index in [1.54, 1.807) is 24.3 Å². The molecule has 2 rings (SSSR count). The topological polar surface area (TPSA) is 43.8 Å². The maximum absolute atomic E-state index is 12.2. The zero-order valence-corrected chi connectivity index (χ0v) is 10.9. The number of nitrogens with zero attached hydrogens (tertiary/aromatic N) is 2. The van der Waals surface area contributed by atoms with Crippen LogP contribution in [0.25, 0.3) is 0 Å². The molecule has 1 amide bonds. The highest BCUT2D eigenvalue weighted by Crippen LogP contribution is 2.14. The number of hydrogen-bond donors (Lipinski definition) is 1. The van der Waals surface area contributed by atoms with Gasteiger partial charge in [0.2, 0.25) is 0 Å². The summed E-state index contributed by atoms with van der Waals surface area (Å²) in [5.74, 6) is 0.0288. The van der Waals surface area contributed by atoms with Crippen molar-refractivity contribution in [3.05, 3.63) is 34.9 Å². The van der Waals surface area contributed by atoms with Crippen molar-refractivity contribution in [2.45, 2.75) is 0 Å². The molecule has 4 nitrogen and oxygen atoms in total. The number of halogens is 1. The summed E-state index contributed by atoms with van der Waals surface area (Å²) in [6.45, 7) is 3.87. The average molecular weight is 269 g/mol. The Hall–Kier alpha value is -1.10. The van der Waals surface area contributed by atoms with E-state index < -0.39 is 0 Å². The molecule has 98 valence electrons. The second kappa shape index (κ2) is 6.18. The molecular weight excluding hydrogens is 252 g/mol. The minimum Gasteiger partial charge on any atom is -0.395 e. The molecule has 0 aliphatic carbocycles. The minimum atomic E-state index is 0.0288. The van der Waals surface area contributed by atoms with Crippen LogP contribution in [0.15, 0.2) is 24.3 Å². The zero-order chi connectivity index (χ0) is 13.0. The first kappa shape index (κ1) is 13.3. The maximum Gasteiger partial charge on any atom is 0.253 e. The van der Waals surface area contributed by atoms with Crippen molar-refractivity contribution in [3.63, 3.8) is 0 Å². The summed E-state index contributed by atoms with van der Waals surface area (Å²) in [4.78, 5) is 16.2. The smallest absolute Gasteiger partial charge is 0.253 e. The van der Waals surface area contributed by atoms with E-state index in [0.717, 1.165) is 13.1 Å². The van der Waals surface area contributed by atoms with Crippen LogP contribution in [0.1, 0.15) is 10.4 Å². The van der Waals surface area contributed by atoms with E-state index in [4.69, 9.17) is 16.7 Å². The molecule has 18 heavy (non-hydrogen) atoms. The molecule has 0 saturated carbocycles. The average Bonchev–Trinajstić information content (AvgIpc) is 2.39. The second-order valence-electron chi connectivity index (χ2n) is 4.37. The van der Waals surface area contributed by atoms with E-state index in [1.165, 1.54) is 0 Å². The van der Waals surface area contributed by atoms with Gasteiger partial charge in [-0.3, -0.25) is 9.69 Å². The van der Waals surface area contributed by atoms with Gasteiger partial charge in [0.1, 0.15) is 0 Å². The van der Waals surface area contributed by atoms with E-state index in [0.29, 0.717) is 30.2 Å². The van der Waals surface area contributed by atoms with Crippen LogP contribution in [-0.4, -0.2) is 60.1 Å². The number of benzene rings is 1. The molecule has 0 aromatic heterocycles. The van der Waals surface area contributed by atoms with Crippen LogP contribution < -0.4 is 0 Å². The molecule has 1 aliphatic heterocycles. The molecule has 1 aliphatic rings. The lowest BCUT2D eigenvalue weighted by atomic mass is 10.2. The number of carbonyl (C=O) groups is 1. The molecule has 1 saturated heterocycles. The van der Waals surface area contributed by atoms with Crippen LogP contribution in [0.4, 0.5) is 0 Å². The lowest BCUT2D eigenvalue weighted by molar-refractivity contribution is 0.0615. The number of aliphatic hydroxyl groups excluding tert-OH is 1. The summed E-state index contributed by atoms with van der Waals surface area (Å²) in [6, 6.07) is 7.04. The Morgan fingerprint density at radius 2 is 2.00 bits per heavy atom. The van der Waals surface area contributed by atoms with Gasteiger partial charge < -0.3 is 10.0 Å². The van der Waals surface area contributed by atoms with Crippen molar-refractivity contribution in [3.8, 4) is 0 Å². The first-order valence-electron chi connectivity index (χ1n) is 6.09. The Morgan fingerprint density at radius 3 is 2.61 bits per heavy atom. The third kappa shape index (κ3) is 3.22. The summed E-state index contributed by atoms with van der Waals surface area (Å²) in [7, 11) is 0. The summed E-state index contributed by atoms with van der Waals surface area (Å²) < 4.78 is 0. The van der Waals surface area contributed by atoms with Crippen LogP contribution in [0, 0.1) is 0 Å². The van der Waals surface area contributed by atoms with Gasteiger partial charge in [-0.15, -0.1) is 0 Å². The Morgan fingerprint density at radius 1 is 1.28 bits per heavy atom. The molecule has 0 atom stereocenters. The fourth-order valence-electron chi connectivity index (χ4n) is 2.12. The Labute approximate surface area is 112 Å². The van der Waals surface area contributed by atoms with Gasteiger partial charge in [0, 0.05) is 43.3 Å². The maximum atomic E-state index is 12.2. The predicted octanol–water partition coefficient (Wildman–Crippen LogP) is 1.09. The van der Waals surface area contributed by atoms with Crippen molar-refractivity contribution in [1.29, 1.82) is 0 Å². The summed E-state index contributed by atoms with van der Waals surface area (Å²) >= 11 is 5.89. The van der Waals surface area contributed by atoms with Crippen molar-refractivity contribution in [2.24, 2.45) is 0 Å². The lowest BCUT2D eigenvalue weighted by Crippen LogP contribution is -2.49. The summed E-state index contributed by atoms with van der Waals surface area (Å²) in [5.41, 5.74) is 0.637. The Bertz CT molecular complexity index is 417. The molecule has 0 spiro atoms. The Balaban J connectivity index is 1.95.